The number of halogens is 1. The van der Waals surface area contributed by atoms with Crippen LogP contribution >= 0.6 is 59.3 Å². The van der Waals surface area contributed by atoms with Gasteiger partial charge in [0.2, 0.25) is 0 Å². The number of carbonyl (C=O) groups is 2. The van der Waals surface area contributed by atoms with Crippen LogP contribution < -0.4 is 25.4 Å². The maximum Gasteiger partial charge on any atom is -0.0134 e. The van der Waals surface area contributed by atoms with Crippen LogP contribution in [0.5, 0.6) is 11.5 Å². The molecule has 0 saturated heterocycles. The Labute approximate surface area is 400 Å². The molecule has 8 nitrogen and oxygen atoms in total. The van der Waals surface area contributed by atoms with Crippen LogP contribution in [0.1, 0.15) is 69.0 Å². The summed E-state index contributed by atoms with van der Waals surface area (Å²) in [5.41, 5.74) is 2.20. The number of ether oxygens (including phenoxy) is 2. The van der Waals surface area contributed by atoms with E-state index < -0.39 is 7.92 Å². The number of thiophene rings is 2. The number of ketones is 2. The number of carbonyl (C=O) groups excluding carboxylic acids is 2. The van der Waals surface area contributed by atoms with Gasteiger partial charge in [-0.2, -0.15) is 10.5 Å². The zero-order chi connectivity index (χ0) is 46.1. The van der Waals surface area contributed by atoms with Gasteiger partial charge < -0.3 is 14.6 Å². The van der Waals surface area contributed by atoms with Gasteiger partial charge in [0.15, 0.2) is 11.6 Å². The van der Waals surface area contributed by atoms with E-state index in [1.807, 2.05) is 42.5 Å². The van der Waals surface area contributed by atoms with Gasteiger partial charge in [-0.05, 0) is 108 Å². The Hall–Kier alpha value is -4.98. The summed E-state index contributed by atoms with van der Waals surface area (Å²) >= 11 is 9.53. The summed E-state index contributed by atoms with van der Waals surface area (Å²) in [6, 6.07) is 48.2. The van der Waals surface area contributed by atoms with Crippen LogP contribution in [0.2, 0.25) is 0 Å². The van der Waals surface area contributed by atoms with Gasteiger partial charge >= 0.3 is 24.8 Å². The number of hydrogen-bond donors (Lipinski definition) is 2. The minimum atomic E-state index is -0.446. The molecule has 327 valence electrons. The van der Waals surface area contributed by atoms with Crippen LogP contribution in [-0.4, -0.2) is 50.5 Å². The molecule has 0 unspecified atom stereocenters. The van der Waals surface area contributed by atoms with E-state index in [0.29, 0.717) is 11.3 Å². The Morgan fingerprint density at radius 2 is 1.06 bits per heavy atom. The van der Waals surface area contributed by atoms with Crippen LogP contribution in [0.4, 0.5) is 0 Å². The van der Waals surface area contributed by atoms with E-state index in [9.17, 15) is 9.59 Å². The minimum absolute atomic E-state index is 0.00799. The Morgan fingerprint density at radius 3 is 1.39 bits per heavy atom. The minimum Gasteiger partial charge on any atom is -0.0622 e. The molecule has 0 amide bonds. The number of aryl methyl sites for hydroxylation is 2. The number of nitrogens with zero attached hydrogens (tertiary/aromatic N) is 3. The maximum absolute atomic E-state index is 12.0. The molecule has 0 fully saturated rings. The molecule has 14 heteroatoms. The van der Waals surface area contributed by atoms with Crippen LogP contribution in [0.3, 0.4) is 0 Å². The third-order valence-electron chi connectivity index (χ3n) is 9.54. The third kappa shape index (κ3) is 15.6. The molecule has 64 heavy (non-hydrogen) atoms. The second kappa shape index (κ2) is 28.7. The molecule has 7 rings (SSSR count). The first-order valence-corrected chi connectivity index (χ1v) is 24.9. The van der Waals surface area contributed by atoms with E-state index >= 15 is 0 Å². The van der Waals surface area contributed by atoms with Crippen molar-refractivity contribution in [2.45, 2.75) is 51.4 Å². The molecule has 0 aliphatic rings. The van der Waals surface area contributed by atoms with Gasteiger partial charge in [0.05, 0.1) is 36.1 Å². The van der Waals surface area contributed by atoms with Gasteiger partial charge in [-0.15, -0.1) is 22.7 Å². The second-order valence-corrected chi connectivity index (χ2v) is 19.3. The Bertz CT molecular complexity index is 2420. The van der Waals surface area contributed by atoms with Crippen molar-refractivity contribution in [1.29, 1.82) is 10.5 Å². The quantitative estimate of drug-likeness (QED) is 0.0305. The van der Waals surface area contributed by atoms with Crippen LogP contribution in [0, 0.1) is 22.7 Å². The largest absolute Gasteiger partial charge is 0.0622 e. The number of rotatable bonds is 17. The molecular formula is C50H49BBrN3O5PS3. The first-order chi connectivity index (χ1) is 31.2. The third-order valence-corrected chi connectivity index (χ3v) is 14.8. The molecule has 1 radical (unpaired) electrons. The summed E-state index contributed by atoms with van der Waals surface area (Å²) in [5.74, 6) is 1.71. The fourth-order valence-corrected chi connectivity index (χ4v) is 11.2. The van der Waals surface area contributed by atoms with Crippen molar-refractivity contribution in [3.63, 3.8) is 0 Å². The summed E-state index contributed by atoms with van der Waals surface area (Å²) in [7, 11) is 7.18. The predicted octanol–water partition coefficient (Wildman–Crippen LogP) is 11.7. The molecule has 5 aromatic carbocycles. The number of thiol groups is 1. The fraction of sp³-hybridized carbons (Fsp3) is 0.240. The summed E-state index contributed by atoms with van der Waals surface area (Å²) in [5, 5.41) is 33.3. The molecule has 0 spiro atoms. The van der Waals surface area contributed by atoms with E-state index in [-0.39, 0.29) is 43.9 Å². The van der Waals surface area contributed by atoms with E-state index in [2.05, 4.69) is 138 Å². The van der Waals surface area contributed by atoms with Crippen molar-refractivity contribution < 1.29 is 24.2 Å². The number of nitriles is 2. The second-order valence-electron chi connectivity index (χ2n) is 13.9. The fourth-order valence-electron chi connectivity index (χ4n) is 6.57. The van der Waals surface area contributed by atoms with Gasteiger partial charge in [0.1, 0.15) is 11.5 Å². The average molecular weight is 990 g/mol. The number of methoxy groups -OCH3 is 2. The van der Waals surface area contributed by atoms with E-state index in [4.69, 9.17) is 25.1 Å². The number of hydrogen-bond acceptors (Lipinski definition) is 11. The Balaban J connectivity index is 0.000000204. The van der Waals surface area contributed by atoms with E-state index in [0.717, 1.165) is 66.7 Å². The number of benzene rings is 5. The molecule has 0 aliphatic heterocycles. The first kappa shape index (κ1) is 51.7. The van der Waals surface area contributed by atoms with E-state index in [1.165, 1.54) is 44.2 Å². The van der Waals surface area contributed by atoms with Gasteiger partial charge in [-0.25, -0.2) is 0 Å². The van der Waals surface area contributed by atoms with Gasteiger partial charge in [-0.1, -0.05) is 107 Å². The number of Topliss-reactive ketones (excluding diaryl/α,β-unsaturated/α-hetero) is 2. The summed E-state index contributed by atoms with van der Waals surface area (Å²) in [6.45, 7) is 0.142. The molecule has 7 aromatic rings. The number of aliphatic hydroxyl groups excluding tert-OH is 1. The molecular weight excluding hydrogens is 940 g/mol. The van der Waals surface area contributed by atoms with Crippen LogP contribution in [0.25, 0.3) is 20.2 Å². The number of fused-ring (bicyclic) bond motifs is 2. The standard InChI is InChI=1S/C18H15P.C16H16BrNO2S.C16H17NO3S.BHNS/c1-4-10-16(11-5-1)19(17-12-6-2-7-13-17)18-14-8-3-9-15-18;1-20-14-10-15-12(8-11(14)4-2-6-17)9-16(21-15)13(19)5-3-7-18;1-20-14-10-15-12(8-11(14)4-3-7-18)9-16(21-15)13(19)5-2-6-17;1-2-3/h1-15H;8-10H,2-6H2,1H3;8-10,18H,2-5,7H2,1H3;3H. The zero-order valence-corrected chi connectivity index (χ0v) is 40.8. The summed E-state index contributed by atoms with van der Waals surface area (Å²) in [6.07, 6.45) is 4.47. The molecule has 0 aliphatic carbocycles. The monoisotopic (exact) mass is 988 g/mol. The summed E-state index contributed by atoms with van der Waals surface area (Å²) < 4.78 is 15.6. The van der Waals surface area contributed by atoms with E-state index in [1.54, 1.807) is 14.2 Å². The maximum atomic E-state index is 12.0. The van der Waals surface area contributed by atoms with Crippen molar-refractivity contribution >= 4 is 115 Å². The Kier molecular flexibility index (Phi) is 23.2. The van der Waals surface area contributed by atoms with Crippen LogP contribution in [0.15, 0.2) is 132 Å². The Morgan fingerprint density at radius 1 is 0.688 bits per heavy atom. The summed E-state index contributed by atoms with van der Waals surface area (Å²) in [4.78, 5) is 25.4. The number of alkyl halides is 1. The van der Waals surface area contributed by atoms with Crippen molar-refractivity contribution in [3.05, 3.63) is 148 Å². The SMILES string of the molecule is COc1cc2sc(C(=O)CCC#N)cc2cc1CCCBr.COc1cc2sc(C(=O)CCC#N)cc2cc1CCCO.[B]=NS.c1ccc(P(c2ccccc2)c2ccccc2)cc1. The first-order valence-electron chi connectivity index (χ1n) is 20.4. The average Bonchev–Trinajstić information content (AvgIpc) is 3.96. The zero-order valence-electron chi connectivity index (χ0n) is 35.8. The van der Waals surface area contributed by atoms with Crippen LogP contribution in [-0.2, 0) is 12.8 Å². The molecule has 2 heterocycles. The van der Waals surface area contributed by atoms with Crippen molar-refractivity contribution in [1.82, 2.24) is 0 Å². The number of aliphatic hydroxyl groups is 1. The molecule has 0 bridgehead atoms. The van der Waals surface area contributed by atoms with Crippen molar-refractivity contribution in [2.75, 3.05) is 26.2 Å². The molecule has 0 atom stereocenters. The normalized spacial score (nSPS) is 10.2. The predicted molar refractivity (Wildman–Crippen MR) is 275 cm³/mol. The molecule has 1 N–H and O–H groups in total. The molecule has 0 saturated carbocycles. The van der Waals surface area contributed by atoms with Gasteiger partial charge in [0, 0.05) is 47.0 Å². The van der Waals surface area contributed by atoms with Gasteiger partial charge in [0.25, 0.3) is 0 Å². The van der Waals surface area contributed by atoms with Gasteiger partial charge in [-0.3, -0.25) is 9.59 Å². The van der Waals surface area contributed by atoms with Crippen molar-refractivity contribution in [2.24, 2.45) is 4.30 Å². The topological polar surface area (TPSA) is 133 Å². The smallest absolute Gasteiger partial charge is 0.0134 e. The molecule has 2 aromatic heterocycles. The van der Waals surface area contributed by atoms with Crippen molar-refractivity contribution in [3.8, 4) is 23.6 Å².